The summed E-state index contributed by atoms with van der Waals surface area (Å²) in [5, 5.41) is 22.3. The fraction of sp³-hybridized carbons (Fsp3) is 0.588. The molecule has 23 heavy (non-hydrogen) atoms. The van der Waals surface area contributed by atoms with Crippen LogP contribution in [0.1, 0.15) is 61.7 Å². The molecule has 0 heterocycles. The van der Waals surface area contributed by atoms with Gasteiger partial charge in [0.05, 0.1) is 10.9 Å². The van der Waals surface area contributed by atoms with Crippen molar-refractivity contribution < 1.29 is 19.6 Å². The number of nitro groups is 1. The van der Waals surface area contributed by atoms with Gasteiger partial charge in [0.1, 0.15) is 5.60 Å². The molecule has 6 nitrogen and oxygen atoms in total. The highest BCUT2D eigenvalue weighted by molar-refractivity contribution is 5.87. The van der Waals surface area contributed by atoms with Gasteiger partial charge in [0.15, 0.2) is 5.75 Å². The number of rotatable bonds is 5. The first kappa shape index (κ1) is 15.8. The summed E-state index contributed by atoms with van der Waals surface area (Å²) in [6, 6.07) is 3.62. The van der Waals surface area contributed by atoms with Crippen molar-refractivity contribution in [2.45, 2.75) is 57.0 Å². The molecule has 124 valence electrons. The predicted molar refractivity (Wildman–Crippen MR) is 81.2 cm³/mol. The Balaban J connectivity index is 1.97. The molecule has 0 amide bonds. The molecule has 0 aromatic heterocycles. The number of hydrogen-bond donors (Lipinski definition) is 0. The molecule has 0 spiro atoms. The summed E-state index contributed by atoms with van der Waals surface area (Å²) in [7, 11) is 0. The highest BCUT2D eigenvalue weighted by Gasteiger charge is 2.45. The van der Waals surface area contributed by atoms with Crippen LogP contribution in [0.3, 0.4) is 0 Å². The summed E-state index contributed by atoms with van der Waals surface area (Å²) in [6.45, 7) is 0. The molecule has 0 radical (unpaired) electrons. The largest absolute Gasteiger partial charge is 0.545 e. The molecule has 3 rings (SSSR count). The van der Waals surface area contributed by atoms with Gasteiger partial charge in [-0.15, -0.1) is 0 Å². The Labute approximate surface area is 134 Å². The fourth-order valence-electron chi connectivity index (χ4n) is 4.11. The Kier molecular flexibility index (Phi) is 4.24. The topological polar surface area (TPSA) is 92.5 Å². The van der Waals surface area contributed by atoms with Gasteiger partial charge >= 0.3 is 5.69 Å². The molecular weight excluding hydrogens is 298 g/mol. The first-order valence-corrected chi connectivity index (χ1v) is 8.21. The molecule has 2 fully saturated rings. The monoisotopic (exact) mass is 318 g/mol. The molecule has 0 bridgehead atoms. The quantitative estimate of drug-likeness (QED) is 0.615. The first-order chi connectivity index (χ1) is 11.0. The van der Waals surface area contributed by atoms with Crippen molar-refractivity contribution in [1.29, 1.82) is 0 Å². The first-order valence-electron chi connectivity index (χ1n) is 8.21. The van der Waals surface area contributed by atoms with Gasteiger partial charge in [-0.25, -0.2) is 0 Å². The van der Waals surface area contributed by atoms with Crippen molar-refractivity contribution >= 4 is 11.7 Å². The van der Waals surface area contributed by atoms with E-state index in [1.807, 2.05) is 0 Å². The maximum Gasteiger partial charge on any atom is 0.310 e. The Bertz CT molecular complexity index is 615. The van der Waals surface area contributed by atoms with E-state index in [4.69, 9.17) is 4.74 Å². The Hall–Kier alpha value is -2.11. The van der Waals surface area contributed by atoms with Gasteiger partial charge in [0.25, 0.3) is 0 Å². The van der Waals surface area contributed by atoms with Crippen LogP contribution >= 0.6 is 0 Å². The zero-order valence-electron chi connectivity index (χ0n) is 13.0. The number of carboxylic acids is 1. The van der Waals surface area contributed by atoms with Crippen molar-refractivity contribution in [1.82, 2.24) is 0 Å². The SMILES string of the molecule is O=C([O-])c1ccc([N+](=O)[O-])c(OC2(C3CCCC3)CCCC2)c1. The van der Waals surface area contributed by atoms with Crippen molar-refractivity contribution in [2.24, 2.45) is 5.92 Å². The average molecular weight is 318 g/mol. The number of carbonyl (C=O) groups excluding carboxylic acids is 1. The van der Waals surface area contributed by atoms with Crippen molar-refractivity contribution in [3.8, 4) is 5.75 Å². The maximum absolute atomic E-state index is 11.3. The summed E-state index contributed by atoms with van der Waals surface area (Å²) in [5.41, 5.74) is -0.657. The molecule has 0 aliphatic heterocycles. The summed E-state index contributed by atoms with van der Waals surface area (Å²) in [6.07, 6.45) is 8.33. The van der Waals surface area contributed by atoms with E-state index in [-0.39, 0.29) is 22.6 Å². The van der Waals surface area contributed by atoms with Crippen LogP contribution in [-0.4, -0.2) is 16.5 Å². The lowest BCUT2D eigenvalue weighted by Crippen LogP contribution is -2.40. The third kappa shape index (κ3) is 3.02. The number of carbonyl (C=O) groups is 1. The molecule has 2 saturated carbocycles. The molecule has 1 aromatic carbocycles. The van der Waals surface area contributed by atoms with E-state index in [2.05, 4.69) is 0 Å². The van der Waals surface area contributed by atoms with Crippen LogP contribution in [0.15, 0.2) is 18.2 Å². The molecule has 0 atom stereocenters. The van der Waals surface area contributed by atoms with Crippen LogP contribution in [0.2, 0.25) is 0 Å². The van der Waals surface area contributed by atoms with Gasteiger partial charge < -0.3 is 14.6 Å². The highest BCUT2D eigenvalue weighted by atomic mass is 16.6. The van der Waals surface area contributed by atoms with E-state index < -0.39 is 10.9 Å². The van der Waals surface area contributed by atoms with E-state index in [1.54, 1.807) is 0 Å². The second kappa shape index (κ2) is 6.18. The Morgan fingerprint density at radius 2 is 1.83 bits per heavy atom. The third-order valence-electron chi connectivity index (χ3n) is 5.25. The van der Waals surface area contributed by atoms with Gasteiger partial charge in [-0.2, -0.15) is 0 Å². The minimum Gasteiger partial charge on any atom is -0.545 e. The summed E-state index contributed by atoms with van der Waals surface area (Å²) in [5.74, 6) is -0.896. The fourth-order valence-corrected chi connectivity index (χ4v) is 4.11. The van der Waals surface area contributed by atoms with Gasteiger partial charge in [-0.05, 0) is 56.6 Å². The molecule has 1 aromatic rings. The second-order valence-electron chi connectivity index (χ2n) is 6.58. The lowest BCUT2D eigenvalue weighted by Gasteiger charge is -2.36. The number of nitro benzene ring substituents is 1. The molecule has 0 unspecified atom stereocenters. The van der Waals surface area contributed by atoms with Crippen LogP contribution in [-0.2, 0) is 0 Å². The zero-order valence-corrected chi connectivity index (χ0v) is 13.0. The van der Waals surface area contributed by atoms with Crippen LogP contribution < -0.4 is 9.84 Å². The van der Waals surface area contributed by atoms with Crippen LogP contribution in [0.25, 0.3) is 0 Å². The van der Waals surface area contributed by atoms with Gasteiger partial charge in [0.2, 0.25) is 0 Å². The van der Waals surface area contributed by atoms with Crippen LogP contribution in [0.5, 0.6) is 5.75 Å². The summed E-state index contributed by atoms with van der Waals surface area (Å²) in [4.78, 5) is 21.8. The summed E-state index contributed by atoms with van der Waals surface area (Å²) >= 11 is 0. The van der Waals surface area contributed by atoms with E-state index in [0.29, 0.717) is 5.92 Å². The van der Waals surface area contributed by atoms with E-state index in [9.17, 15) is 20.0 Å². The molecule has 6 heteroatoms. The molecular formula is C17H20NO5-. The minimum absolute atomic E-state index is 0.0606. The standard InChI is InChI=1S/C17H21NO5/c19-16(20)12-7-8-14(18(21)22)15(11-12)23-17(9-3-4-10-17)13-5-1-2-6-13/h7-8,11,13H,1-6,9-10H2,(H,19,20)/p-1. The normalized spacial score (nSPS) is 20.5. The van der Waals surface area contributed by atoms with Gasteiger partial charge in [-0.1, -0.05) is 12.8 Å². The third-order valence-corrected chi connectivity index (χ3v) is 5.25. The van der Waals surface area contributed by atoms with E-state index in [0.717, 1.165) is 51.4 Å². The smallest absolute Gasteiger partial charge is 0.310 e. The molecule has 2 aliphatic carbocycles. The molecule has 0 N–H and O–H groups in total. The van der Waals surface area contributed by atoms with Crippen LogP contribution in [0, 0.1) is 16.0 Å². The van der Waals surface area contributed by atoms with Gasteiger partial charge in [-0.3, -0.25) is 10.1 Å². The van der Waals surface area contributed by atoms with Gasteiger partial charge in [0, 0.05) is 11.6 Å². The predicted octanol–water partition coefficient (Wildman–Crippen LogP) is 2.84. The molecule has 0 saturated heterocycles. The number of aromatic carboxylic acids is 1. The average Bonchev–Trinajstić information content (AvgIpc) is 3.18. The maximum atomic E-state index is 11.3. The van der Waals surface area contributed by atoms with Crippen molar-refractivity contribution in [3.63, 3.8) is 0 Å². The number of benzene rings is 1. The summed E-state index contributed by atoms with van der Waals surface area (Å²) < 4.78 is 6.20. The lowest BCUT2D eigenvalue weighted by molar-refractivity contribution is -0.386. The van der Waals surface area contributed by atoms with E-state index in [1.165, 1.54) is 18.2 Å². The Morgan fingerprint density at radius 3 is 2.39 bits per heavy atom. The number of carboxylic acid groups (broad SMARTS) is 1. The van der Waals surface area contributed by atoms with Crippen molar-refractivity contribution in [2.75, 3.05) is 0 Å². The number of ether oxygens (including phenoxy) is 1. The second-order valence-corrected chi connectivity index (χ2v) is 6.58. The molecule has 2 aliphatic rings. The Morgan fingerprint density at radius 1 is 1.17 bits per heavy atom. The highest BCUT2D eigenvalue weighted by Crippen LogP contribution is 2.47. The van der Waals surface area contributed by atoms with E-state index >= 15 is 0 Å². The number of nitrogens with zero attached hydrogens (tertiary/aromatic N) is 1. The lowest BCUT2D eigenvalue weighted by atomic mass is 9.84. The minimum atomic E-state index is -1.36. The number of hydrogen-bond acceptors (Lipinski definition) is 5. The zero-order chi connectivity index (χ0) is 16.4. The van der Waals surface area contributed by atoms with Crippen molar-refractivity contribution in [3.05, 3.63) is 33.9 Å². The van der Waals surface area contributed by atoms with Crippen LogP contribution in [0.4, 0.5) is 5.69 Å².